The number of carbonyl (C=O) groups is 3. The number of alkyl halides is 6. The number of aromatic nitrogens is 3. The van der Waals surface area contributed by atoms with Crippen LogP contribution in [0.2, 0.25) is 0 Å². The van der Waals surface area contributed by atoms with Gasteiger partial charge in [-0.1, -0.05) is 30.3 Å². The molecule has 2 aromatic heterocycles. The fourth-order valence-electron chi connectivity index (χ4n) is 2.34. The third kappa shape index (κ3) is 11.2. The first-order chi connectivity index (χ1) is 17.1. The van der Waals surface area contributed by atoms with Crippen LogP contribution in [0.5, 0.6) is 0 Å². The van der Waals surface area contributed by atoms with Crippen molar-refractivity contribution in [3.8, 4) is 11.3 Å². The minimum atomic E-state index is -5.08. The third-order valence-corrected chi connectivity index (χ3v) is 4.19. The van der Waals surface area contributed by atoms with Gasteiger partial charge in [-0.25, -0.2) is 9.59 Å². The fourth-order valence-corrected chi connectivity index (χ4v) is 2.34. The van der Waals surface area contributed by atoms with Crippen LogP contribution in [0.15, 0.2) is 60.9 Å². The minimum absolute atomic E-state index is 0.0614. The predicted octanol–water partition coefficient (Wildman–Crippen LogP) is 4.05. The Morgan fingerprint density at radius 2 is 1.38 bits per heavy atom. The number of carboxylic acid groups (broad SMARTS) is 2. The van der Waals surface area contributed by atoms with E-state index < -0.39 is 24.3 Å². The summed E-state index contributed by atoms with van der Waals surface area (Å²) in [6.45, 7) is 0.641. The van der Waals surface area contributed by atoms with Crippen LogP contribution in [-0.2, 0) is 16.0 Å². The minimum Gasteiger partial charge on any atom is -0.475 e. The normalized spacial score (nSPS) is 10.8. The number of rotatable bonds is 5. The summed E-state index contributed by atoms with van der Waals surface area (Å²) in [5, 5.41) is 21.3. The fraction of sp³-hybridized carbons (Fsp3) is 0.227. The molecule has 0 bridgehead atoms. The summed E-state index contributed by atoms with van der Waals surface area (Å²) >= 11 is 0. The van der Waals surface area contributed by atoms with Crippen LogP contribution in [0.1, 0.15) is 16.1 Å². The Kier molecular flexibility index (Phi) is 11.3. The average molecular weight is 534 g/mol. The topological polar surface area (TPSA) is 136 Å². The first-order valence-corrected chi connectivity index (χ1v) is 9.98. The molecule has 0 spiro atoms. The zero-order valence-corrected chi connectivity index (χ0v) is 18.9. The van der Waals surface area contributed by atoms with E-state index in [0.29, 0.717) is 12.2 Å². The molecule has 2 heterocycles. The van der Waals surface area contributed by atoms with E-state index in [-0.39, 0.29) is 5.91 Å². The molecule has 37 heavy (non-hydrogen) atoms. The van der Waals surface area contributed by atoms with Gasteiger partial charge in [0.05, 0.1) is 5.69 Å². The summed E-state index contributed by atoms with van der Waals surface area (Å²) < 4.78 is 63.5. The Labute approximate surface area is 205 Å². The van der Waals surface area contributed by atoms with E-state index >= 15 is 0 Å². The number of pyridine rings is 1. The van der Waals surface area contributed by atoms with Crippen molar-refractivity contribution in [2.24, 2.45) is 0 Å². The first-order valence-electron chi connectivity index (χ1n) is 9.98. The monoisotopic (exact) mass is 534 g/mol. The van der Waals surface area contributed by atoms with Gasteiger partial charge in [-0.15, -0.1) is 0 Å². The van der Waals surface area contributed by atoms with Gasteiger partial charge in [0, 0.05) is 31.5 Å². The number of hydrogen-bond donors (Lipinski definition) is 3. The number of aromatic amines is 1. The number of hydrogen-bond acceptors (Lipinski definition) is 5. The molecule has 0 atom stereocenters. The van der Waals surface area contributed by atoms with Crippen LogP contribution in [0.25, 0.3) is 11.3 Å². The Hall–Kier alpha value is -4.43. The summed E-state index contributed by atoms with van der Waals surface area (Å²) in [5.74, 6) is -5.58. The summed E-state index contributed by atoms with van der Waals surface area (Å²) in [5.41, 5.74) is 3.43. The number of carboxylic acids is 2. The van der Waals surface area contributed by atoms with Crippen molar-refractivity contribution in [1.29, 1.82) is 0 Å². The highest BCUT2D eigenvalue weighted by Crippen LogP contribution is 2.17. The number of amides is 1. The van der Waals surface area contributed by atoms with Crippen LogP contribution >= 0.6 is 0 Å². The molecular formula is C22H20F6N4O5. The second-order valence-electron chi connectivity index (χ2n) is 6.97. The van der Waals surface area contributed by atoms with E-state index in [2.05, 4.69) is 15.2 Å². The zero-order chi connectivity index (χ0) is 28.2. The van der Waals surface area contributed by atoms with Crippen molar-refractivity contribution in [3.63, 3.8) is 0 Å². The van der Waals surface area contributed by atoms with Gasteiger partial charge in [-0.2, -0.15) is 31.4 Å². The third-order valence-electron chi connectivity index (χ3n) is 4.19. The molecule has 200 valence electrons. The molecule has 3 aromatic rings. The van der Waals surface area contributed by atoms with E-state index in [4.69, 9.17) is 19.8 Å². The van der Waals surface area contributed by atoms with Gasteiger partial charge in [-0.05, 0) is 30.2 Å². The number of carbonyl (C=O) groups excluding carboxylic acids is 1. The van der Waals surface area contributed by atoms with E-state index in [1.165, 1.54) is 0 Å². The van der Waals surface area contributed by atoms with Gasteiger partial charge in [0.15, 0.2) is 0 Å². The Morgan fingerprint density at radius 1 is 0.892 bits per heavy atom. The molecule has 1 amide bonds. The molecule has 15 heteroatoms. The molecule has 0 saturated carbocycles. The van der Waals surface area contributed by atoms with Gasteiger partial charge in [0.2, 0.25) is 0 Å². The number of halogens is 6. The van der Waals surface area contributed by atoms with Gasteiger partial charge >= 0.3 is 24.3 Å². The summed E-state index contributed by atoms with van der Waals surface area (Å²) in [6.07, 6.45) is -5.85. The summed E-state index contributed by atoms with van der Waals surface area (Å²) in [4.78, 5) is 35.9. The maximum atomic E-state index is 12.5. The highest BCUT2D eigenvalue weighted by Gasteiger charge is 2.38. The molecule has 3 N–H and O–H groups in total. The molecule has 0 aliphatic rings. The Balaban J connectivity index is 0.000000404. The summed E-state index contributed by atoms with van der Waals surface area (Å²) in [6, 6.07) is 15.5. The van der Waals surface area contributed by atoms with Gasteiger partial charge in [0.25, 0.3) is 5.91 Å². The van der Waals surface area contributed by atoms with Crippen LogP contribution < -0.4 is 0 Å². The van der Waals surface area contributed by atoms with E-state index in [9.17, 15) is 31.1 Å². The molecule has 1 aromatic carbocycles. The first kappa shape index (κ1) is 30.6. The van der Waals surface area contributed by atoms with Gasteiger partial charge < -0.3 is 15.1 Å². The lowest BCUT2D eigenvalue weighted by molar-refractivity contribution is -0.193. The molecule has 0 radical (unpaired) electrons. The lowest BCUT2D eigenvalue weighted by atomic mass is 10.1. The maximum absolute atomic E-state index is 12.5. The maximum Gasteiger partial charge on any atom is 0.490 e. The smallest absolute Gasteiger partial charge is 0.475 e. The number of aliphatic carboxylic acids is 2. The second kappa shape index (κ2) is 13.6. The number of nitrogens with one attached hydrogen (secondary N) is 1. The molecule has 0 saturated heterocycles. The average Bonchev–Trinajstić information content (AvgIpc) is 3.33. The van der Waals surface area contributed by atoms with E-state index in [0.717, 1.165) is 23.2 Å². The molecule has 0 unspecified atom stereocenters. The highest BCUT2D eigenvalue weighted by atomic mass is 19.4. The van der Waals surface area contributed by atoms with Crippen molar-refractivity contribution in [3.05, 3.63) is 72.2 Å². The molecule has 9 nitrogen and oxygen atoms in total. The lowest BCUT2D eigenvalue weighted by Crippen LogP contribution is -2.29. The Morgan fingerprint density at radius 3 is 1.84 bits per heavy atom. The molecule has 0 fully saturated rings. The highest BCUT2D eigenvalue weighted by molar-refractivity contribution is 5.93. The van der Waals surface area contributed by atoms with Crippen LogP contribution in [0.4, 0.5) is 26.3 Å². The van der Waals surface area contributed by atoms with Crippen molar-refractivity contribution < 1.29 is 50.9 Å². The van der Waals surface area contributed by atoms with Crippen LogP contribution in [-0.4, -0.2) is 74.1 Å². The number of benzene rings is 1. The largest absolute Gasteiger partial charge is 0.490 e. The molecule has 0 aliphatic carbocycles. The zero-order valence-electron chi connectivity index (χ0n) is 18.9. The van der Waals surface area contributed by atoms with Crippen molar-refractivity contribution >= 4 is 17.8 Å². The standard InChI is InChI=1S/C18H18N4O.2C2HF3O2/c1-22(12-9-14-7-10-19-11-8-14)18(23)17-13-16(20-21-17)15-5-3-2-4-6-15;2*3-2(4,5)1(6)7/h2-8,10-11,13H,9,12H2,1H3,(H,20,21);2*(H,6,7). The Bertz CT molecular complexity index is 1130. The lowest BCUT2D eigenvalue weighted by Gasteiger charge is -2.15. The van der Waals surface area contributed by atoms with Crippen molar-refractivity contribution in [2.75, 3.05) is 13.6 Å². The number of nitrogens with zero attached hydrogens (tertiary/aromatic N) is 3. The van der Waals surface area contributed by atoms with E-state index in [1.54, 1.807) is 30.4 Å². The summed E-state index contributed by atoms with van der Waals surface area (Å²) in [7, 11) is 1.80. The molecular weight excluding hydrogens is 514 g/mol. The van der Waals surface area contributed by atoms with Crippen molar-refractivity contribution in [2.45, 2.75) is 18.8 Å². The predicted molar refractivity (Wildman–Crippen MR) is 116 cm³/mol. The number of likely N-dealkylation sites (N-methyl/N-ethyl adjacent to an activating group) is 1. The SMILES string of the molecule is CN(CCc1ccncc1)C(=O)c1cc(-c2ccccc2)n[nH]1.O=C(O)C(F)(F)F.O=C(O)C(F)(F)F. The number of H-pyrrole nitrogens is 1. The van der Waals surface area contributed by atoms with Gasteiger partial charge in [-0.3, -0.25) is 14.9 Å². The van der Waals surface area contributed by atoms with E-state index in [1.807, 2.05) is 42.5 Å². The molecule has 3 rings (SSSR count). The quantitative estimate of drug-likeness (QED) is 0.420. The van der Waals surface area contributed by atoms with Crippen LogP contribution in [0, 0.1) is 0 Å². The van der Waals surface area contributed by atoms with Crippen LogP contribution in [0.3, 0.4) is 0 Å². The van der Waals surface area contributed by atoms with Crippen molar-refractivity contribution in [1.82, 2.24) is 20.1 Å². The van der Waals surface area contributed by atoms with Gasteiger partial charge in [0.1, 0.15) is 5.69 Å². The second-order valence-corrected chi connectivity index (χ2v) is 6.97. The molecule has 0 aliphatic heterocycles.